The molecule has 2 atom stereocenters. The van der Waals surface area contributed by atoms with Crippen molar-refractivity contribution in [2.24, 2.45) is 0 Å². The van der Waals surface area contributed by atoms with Crippen molar-refractivity contribution in [1.29, 1.82) is 0 Å². The molecule has 0 heterocycles. The second-order valence-corrected chi connectivity index (χ2v) is 5.67. The van der Waals surface area contributed by atoms with Gasteiger partial charge in [-0.15, -0.1) is 0 Å². The van der Waals surface area contributed by atoms with Gasteiger partial charge in [-0.2, -0.15) is 0 Å². The van der Waals surface area contributed by atoms with Crippen molar-refractivity contribution in [2.45, 2.75) is 19.1 Å². The van der Waals surface area contributed by atoms with Gasteiger partial charge >= 0.3 is 0 Å². The highest BCUT2D eigenvalue weighted by atomic mass is 79.9. The summed E-state index contributed by atoms with van der Waals surface area (Å²) in [6, 6.07) is 4.84. The van der Waals surface area contributed by atoms with Crippen LogP contribution in [-0.4, -0.2) is 33.5 Å². The molecule has 0 fully saturated rings. The normalized spacial score (nSPS) is 14.0. The quantitative estimate of drug-likeness (QED) is 0.806. The van der Waals surface area contributed by atoms with Crippen LogP contribution in [0.4, 0.5) is 0 Å². The maximum atomic E-state index is 10.8. The van der Waals surface area contributed by atoms with Gasteiger partial charge in [-0.3, -0.25) is 9.59 Å². The van der Waals surface area contributed by atoms with Crippen LogP contribution < -0.4 is 0 Å². The van der Waals surface area contributed by atoms with Gasteiger partial charge in [0.25, 0.3) is 0 Å². The molecule has 1 rings (SSSR count). The molecule has 1 aromatic rings. The van der Waals surface area contributed by atoms with Crippen molar-refractivity contribution in [2.75, 3.05) is 5.75 Å². The molecule has 6 heteroatoms. The average molecular weight is 333 g/mol. The Hall–Kier alpha value is -0.690. The van der Waals surface area contributed by atoms with Gasteiger partial charge in [-0.05, 0) is 21.5 Å². The highest BCUT2D eigenvalue weighted by molar-refractivity contribution is 9.10. The van der Waals surface area contributed by atoms with Crippen molar-refractivity contribution in [1.82, 2.24) is 0 Å². The monoisotopic (exact) mass is 332 g/mol. The Morgan fingerprint density at radius 1 is 1.50 bits per heavy atom. The number of halogens is 1. The summed E-state index contributed by atoms with van der Waals surface area (Å²) in [5.74, 6) is 0.105. The van der Waals surface area contributed by atoms with E-state index >= 15 is 0 Å². The molecule has 1 aromatic carbocycles. The van der Waals surface area contributed by atoms with Gasteiger partial charge in [-0.1, -0.05) is 30.0 Å². The number of aldehydes is 1. The molecule has 0 amide bonds. The Morgan fingerprint density at radius 3 is 2.72 bits per heavy atom. The molecule has 2 N–H and O–H groups in total. The molecule has 4 nitrogen and oxygen atoms in total. The number of hydrogen-bond acceptors (Lipinski definition) is 5. The fraction of sp³-hybridized carbons (Fsp3) is 0.333. The van der Waals surface area contributed by atoms with E-state index in [1.165, 1.54) is 6.92 Å². The summed E-state index contributed by atoms with van der Waals surface area (Å²) in [4.78, 5) is 21.6. The summed E-state index contributed by atoms with van der Waals surface area (Å²) >= 11 is 4.16. The molecule has 0 saturated carbocycles. The molecule has 98 valence electrons. The lowest BCUT2D eigenvalue weighted by Crippen LogP contribution is -2.22. The van der Waals surface area contributed by atoms with Gasteiger partial charge in [0, 0.05) is 22.7 Å². The van der Waals surface area contributed by atoms with E-state index in [0.29, 0.717) is 21.9 Å². The van der Waals surface area contributed by atoms with Crippen LogP contribution in [0.5, 0.6) is 0 Å². The van der Waals surface area contributed by atoms with E-state index in [0.717, 1.165) is 11.8 Å². The van der Waals surface area contributed by atoms with Crippen molar-refractivity contribution < 1.29 is 19.8 Å². The minimum absolute atomic E-state index is 0.105. The third-order valence-corrected chi connectivity index (χ3v) is 4.16. The first-order chi connectivity index (χ1) is 8.47. The zero-order valence-corrected chi connectivity index (χ0v) is 12.1. The maximum absolute atomic E-state index is 10.8. The SMILES string of the molecule is CC(=O)SCC(O)C(O)c1cccc(C=O)c1Br. The van der Waals surface area contributed by atoms with Crippen LogP contribution in [0.25, 0.3) is 0 Å². The Kier molecular flexibility index (Phi) is 6.01. The second kappa shape index (κ2) is 7.04. The number of carbonyl (C=O) groups is 2. The predicted octanol–water partition coefficient (Wildman–Crippen LogP) is 1.94. The van der Waals surface area contributed by atoms with Crippen LogP contribution >= 0.6 is 27.7 Å². The summed E-state index contributed by atoms with van der Waals surface area (Å²) in [5, 5.41) is 19.6. The average Bonchev–Trinajstić information content (AvgIpc) is 2.35. The van der Waals surface area contributed by atoms with Crippen molar-refractivity contribution in [3.05, 3.63) is 33.8 Å². The van der Waals surface area contributed by atoms with Crippen LogP contribution in [0.2, 0.25) is 0 Å². The number of aliphatic hydroxyl groups excluding tert-OH is 2. The number of rotatable bonds is 5. The number of aliphatic hydroxyl groups is 2. The molecule has 0 aromatic heterocycles. The van der Waals surface area contributed by atoms with E-state index < -0.39 is 12.2 Å². The first kappa shape index (κ1) is 15.4. The van der Waals surface area contributed by atoms with Gasteiger partial charge in [0.2, 0.25) is 0 Å². The van der Waals surface area contributed by atoms with E-state index in [4.69, 9.17) is 0 Å². The summed E-state index contributed by atoms with van der Waals surface area (Å²) in [7, 11) is 0. The zero-order valence-electron chi connectivity index (χ0n) is 9.67. The molecule has 18 heavy (non-hydrogen) atoms. The van der Waals surface area contributed by atoms with Crippen LogP contribution in [0, 0.1) is 0 Å². The van der Waals surface area contributed by atoms with E-state index in [2.05, 4.69) is 15.9 Å². The molecule has 0 saturated heterocycles. The minimum Gasteiger partial charge on any atom is -0.389 e. The number of hydrogen-bond donors (Lipinski definition) is 2. The lowest BCUT2D eigenvalue weighted by atomic mass is 10.0. The summed E-state index contributed by atoms with van der Waals surface area (Å²) in [6.07, 6.45) is -1.56. The molecule has 2 unspecified atom stereocenters. The second-order valence-electron chi connectivity index (χ2n) is 3.68. The number of carbonyl (C=O) groups excluding carboxylic acids is 2. The minimum atomic E-state index is -1.15. The van der Waals surface area contributed by atoms with E-state index in [1.54, 1.807) is 18.2 Å². The lowest BCUT2D eigenvalue weighted by molar-refractivity contribution is -0.109. The van der Waals surface area contributed by atoms with Gasteiger partial charge in [0.1, 0.15) is 6.10 Å². The fourth-order valence-corrected chi connectivity index (χ4v) is 2.57. The third kappa shape index (κ3) is 3.91. The fourth-order valence-electron chi connectivity index (χ4n) is 1.39. The standard InChI is InChI=1S/C12H13BrO4S/c1-7(15)18-6-10(16)12(17)9-4-2-3-8(5-14)11(9)13/h2-5,10,12,16-17H,6H2,1H3. The molecule has 0 aliphatic carbocycles. The first-order valence-corrected chi connectivity index (χ1v) is 6.98. The van der Waals surface area contributed by atoms with Crippen LogP contribution in [-0.2, 0) is 4.79 Å². The molecule has 0 bridgehead atoms. The van der Waals surface area contributed by atoms with Crippen LogP contribution in [0.1, 0.15) is 28.9 Å². The van der Waals surface area contributed by atoms with Crippen LogP contribution in [0.15, 0.2) is 22.7 Å². The van der Waals surface area contributed by atoms with Crippen molar-refractivity contribution >= 4 is 39.1 Å². The van der Waals surface area contributed by atoms with Gasteiger partial charge in [0.05, 0.1) is 6.10 Å². The highest BCUT2D eigenvalue weighted by Crippen LogP contribution is 2.29. The summed E-state index contributed by atoms with van der Waals surface area (Å²) in [6.45, 7) is 1.40. The zero-order chi connectivity index (χ0) is 13.7. The molecule has 0 spiro atoms. The third-order valence-electron chi connectivity index (χ3n) is 2.33. The molecule has 0 radical (unpaired) electrons. The molecular weight excluding hydrogens is 320 g/mol. The number of thioether (sulfide) groups is 1. The Bertz CT molecular complexity index is 450. The topological polar surface area (TPSA) is 74.6 Å². The number of benzene rings is 1. The van der Waals surface area contributed by atoms with E-state index in [-0.39, 0.29) is 10.9 Å². The predicted molar refractivity (Wildman–Crippen MR) is 73.6 cm³/mol. The largest absolute Gasteiger partial charge is 0.389 e. The molecule has 0 aliphatic rings. The summed E-state index contributed by atoms with van der Waals surface area (Å²) < 4.78 is 0.458. The van der Waals surface area contributed by atoms with E-state index in [9.17, 15) is 19.8 Å². The van der Waals surface area contributed by atoms with E-state index in [1.807, 2.05) is 0 Å². The van der Waals surface area contributed by atoms with Gasteiger partial charge in [-0.25, -0.2) is 0 Å². The Labute approximate surface area is 118 Å². The lowest BCUT2D eigenvalue weighted by Gasteiger charge is -2.19. The highest BCUT2D eigenvalue weighted by Gasteiger charge is 2.22. The first-order valence-electron chi connectivity index (χ1n) is 5.20. The summed E-state index contributed by atoms with van der Waals surface area (Å²) in [5.41, 5.74) is 0.828. The van der Waals surface area contributed by atoms with Gasteiger partial charge in [0.15, 0.2) is 11.4 Å². The Balaban J connectivity index is 2.86. The van der Waals surface area contributed by atoms with Crippen molar-refractivity contribution in [3.8, 4) is 0 Å². The van der Waals surface area contributed by atoms with Crippen molar-refractivity contribution in [3.63, 3.8) is 0 Å². The van der Waals surface area contributed by atoms with Gasteiger partial charge < -0.3 is 10.2 Å². The molecule has 0 aliphatic heterocycles. The Morgan fingerprint density at radius 2 is 2.17 bits per heavy atom. The molecular formula is C12H13BrO4S. The van der Waals surface area contributed by atoms with Crippen LogP contribution in [0.3, 0.4) is 0 Å². The maximum Gasteiger partial charge on any atom is 0.185 e. The smallest absolute Gasteiger partial charge is 0.185 e.